The second-order valence-corrected chi connectivity index (χ2v) is 7.08. The lowest BCUT2D eigenvalue weighted by Gasteiger charge is -2.31. The fraction of sp³-hybridized carbons (Fsp3) is 0.261. The molecule has 0 saturated carbocycles. The number of hydrogen-bond donors (Lipinski definition) is 2. The van der Waals surface area contributed by atoms with Crippen LogP contribution in [0.15, 0.2) is 54.7 Å². The van der Waals surface area contributed by atoms with Gasteiger partial charge in [0.15, 0.2) is 5.82 Å². The third-order valence-electron chi connectivity index (χ3n) is 5.05. The second-order valence-electron chi connectivity index (χ2n) is 7.08. The first kappa shape index (κ1) is 22.0. The monoisotopic (exact) mass is 423 g/mol. The standard InChI is InChI=1S/C22H22FN5O2.CH4/c1-14-21(29)26-19-12-25-22(27-20(19)28(14)2)24-11-15-7-9-17(10-8-15)30-13-16-5-3-4-6-18(16)23;/h3-10,12,14H,11,13H2,1-2H3,(H,26,29)(H,24,25,27);1H4/t14-;/m0./s1. The van der Waals surface area contributed by atoms with Crippen molar-refractivity contribution in [2.45, 2.75) is 33.5 Å². The third kappa shape index (κ3) is 4.91. The molecule has 0 aliphatic carbocycles. The van der Waals surface area contributed by atoms with Crippen LogP contribution in [0, 0.1) is 5.82 Å². The number of anilines is 3. The zero-order chi connectivity index (χ0) is 21.1. The van der Waals surface area contributed by atoms with Crippen molar-refractivity contribution in [3.63, 3.8) is 0 Å². The number of nitrogens with one attached hydrogen (secondary N) is 2. The maximum absolute atomic E-state index is 13.7. The molecule has 0 radical (unpaired) electrons. The summed E-state index contributed by atoms with van der Waals surface area (Å²) in [6.45, 7) is 2.52. The number of hydrogen-bond acceptors (Lipinski definition) is 6. The molecule has 0 unspecified atom stereocenters. The van der Waals surface area contributed by atoms with Gasteiger partial charge in [0.2, 0.25) is 11.9 Å². The summed E-state index contributed by atoms with van der Waals surface area (Å²) in [6.07, 6.45) is 1.60. The summed E-state index contributed by atoms with van der Waals surface area (Å²) in [6, 6.07) is 13.8. The predicted octanol–water partition coefficient (Wildman–Crippen LogP) is 4.22. The zero-order valence-corrected chi connectivity index (χ0v) is 16.7. The molecule has 7 nitrogen and oxygen atoms in total. The van der Waals surface area contributed by atoms with Gasteiger partial charge in [-0.25, -0.2) is 9.37 Å². The van der Waals surface area contributed by atoms with E-state index in [1.54, 1.807) is 24.4 Å². The smallest absolute Gasteiger partial charge is 0.246 e. The molecule has 0 saturated heterocycles. The molecule has 2 heterocycles. The molecule has 1 aromatic heterocycles. The number of carbonyl (C=O) groups is 1. The SMILES string of the molecule is C.C[C@H]1C(=O)Nc2cnc(NCc3ccc(OCc4ccccc4F)cc3)nc2N1C. The minimum absolute atomic E-state index is 0. The Balaban J connectivity index is 0.00000272. The lowest BCUT2D eigenvalue weighted by Crippen LogP contribution is -2.44. The van der Waals surface area contributed by atoms with Gasteiger partial charge in [0, 0.05) is 19.2 Å². The number of fused-ring (bicyclic) bond motifs is 1. The number of amides is 1. The zero-order valence-electron chi connectivity index (χ0n) is 16.7. The number of likely N-dealkylation sites (N-methyl/N-ethyl adjacent to an activating group) is 1. The number of halogens is 1. The van der Waals surface area contributed by atoms with Crippen molar-refractivity contribution >= 4 is 23.4 Å². The van der Waals surface area contributed by atoms with Gasteiger partial charge in [-0.3, -0.25) is 4.79 Å². The Morgan fingerprint density at radius 2 is 1.94 bits per heavy atom. The van der Waals surface area contributed by atoms with Crippen LogP contribution in [-0.4, -0.2) is 29.0 Å². The summed E-state index contributed by atoms with van der Waals surface area (Å²) in [5.74, 6) is 1.47. The first-order valence-electron chi connectivity index (χ1n) is 9.61. The summed E-state index contributed by atoms with van der Waals surface area (Å²) in [7, 11) is 1.83. The van der Waals surface area contributed by atoms with Crippen molar-refractivity contribution in [1.29, 1.82) is 0 Å². The second kappa shape index (κ2) is 9.42. The molecule has 8 heteroatoms. The molecule has 4 rings (SSSR count). The average Bonchev–Trinajstić information content (AvgIpc) is 2.76. The summed E-state index contributed by atoms with van der Waals surface area (Å²) < 4.78 is 19.3. The highest BCUT2D eigenvalue weighted by molar-refractivity contribution is 6.02. The van der Waals surface area contributed by atoms with Crippen molar-refractivity contribution in [2.24, 2.45) is 0 Å². The van der Waals surface area contributed by atoms with Gasteiger partial charge in [-0.1, -0.05) is 37.8 Å². The molecule has 162 valence electrons. The van der Waals surface area contributed by atoms with Crippen LogP contribution in [0.1, 0.15) is 25.5 Å². The van der Waals surface area contributed by atoms with Crippen molar-refractivity contribution in [2.75, 3.05) is 22.6 Å². The maximum Gasteiger partial charge on any atom is 0.246 e. The van der Waals surface area contributed by atoms with Gasteiger partial charge in [0.25, 0.3) is 0 Å². The summed E-state index contributed by atoms with van der Waals surface area (Å²) in [5, 5.41) is 5.99. The summed E-state index contributed by atoms with van der Waals surface area (Å²) in [5.41, 5.74) is 2.13. The first-order valence-corrected chi connectivity index (χ1v) is 9.61. The Kier molecular flexibility index (Phi) is 6.69. The van der Waals surface area contributed by atoms with Crippen LogP contribution in [0.3, 0.4) is 0 Å². The number of ether oxygens (including phenoxy) is 1. The maximum atomic E-state index is 13.7. The van der Waals surface area contributed by atoms with Crippen LogP contribution in [0.5, 0.6) is 5.75 Å². The van der Waals surface area contributed by atoms with Crippen molar-refractivity contribution in [1.82, 2.24) is 9.97 Å². The normalized spacial score (nSPS) is 14.9. The van der Waals surface area contributed by atoms with E-state index in [1.165, 1.54) is 6.07 Å². The number of benzene rings is 2. The molecular weight excluding hydrogens is 397 g/mol. The van der Waals surface area contributed by atoms with E-state index in [0.29, 0.717) is 35.3 Å². The van der Waals surface area contributed by atoms with Gasteiger partial charge in [0.05, 0.1) is 6.20 Å². The number of nitrogens with zero attached hydrogens (tertiary/aromatic N) is 3. The third-order valence-corrected chi connectivity index (χ3v) is 5.05. The Morgan fingerprint density at radius 1 is 1.19 bits per heavy atom. The Labute approximate surface area is 181 Å². The van der Waals surface area contributed by atoms with E-state index >= 15 is 0 Å². The van der Waals surface area contributed by atoms with Crippen LogP contribution >= 0.6 is 0 Å². The van der Waals surface area contributed by atoms with Crippen LogP contribution in [-0.2, 0) is 17.9 Å². The quantitative estimate of drug-likeness (QED) is 0.618. The van der Waals surface area contributed by atoms with E-state index in [1.807, 2.05) is 43.1 Å². The van der Waals surface area contributed by atoms with Gasteiger partial charge in [-0.15, -0.1) is 0 Å². The highest BCUT2D eigenvalue weighted by Gasteiger charge is 2.28. The molecule has 0 spiro atoms. The van der Waals surface area contributed by atoms with Gasteiger partial charge in [-0.05, 0) is 30.7 Å². The van der Waals surface area contributed by atoms with E-state index in [-0.39, 0.29) is 31.8 Å². The molecule has 2 aromatic carbocycles. The molecule has 1 atom stereocenters. The Hall–Kier alpha value is -3.68. The molecule has 31 heavy (non-hydrogen) atoms. The van der Waals surface area contributed by atoms with E-state index in [9.17, 15) is 9.18 Å². The summed E-state index contributed by atoms with van der Waals surface area (Å²) >= 11 is 0. The van der Waals surface area contributed by atoms with E-state index in [0.717, 1.165) is 5.56 Å². The van der Waals surface area contributed by atoms with Crippen molar-refractivity contribution in [3.05, 3.63) is 71.7 Å². The van der Waals surface area contributed by atoms with Gasteiger partial charge in [0.1, 0.15) is 29.9 Å². The highest BCUT2D eigenvalue weighted by atomic mass is 19.1. The molecule has 0 fully saturated rings. The molecule has 0 bridgehead atoms. The van der Waals surface area contributed by atoms with Crippen molar-refractivity contribution in [3.8, 4) is 5.75 Å². The van der Waals surface area contributed by atoms with Gasteiger partial charge < -0.3 is 20.3 Å². The first-order chi connectivity index (χ1) is 14.5. The van der Waals surface area contributed by atoms with Crippen LogP contribution < -0.4 is 20.3 Å². The molecule has 1 aliphatic rings. The average molecular weight is 423 g/mol. The Morgan fingerprint density at radius 3 is 2.68 bits per heavy atom. The lowest BCUT2D eigenvalue weighted by molar-refractivity contribution is -0.117. The van der Waals surface area contributed by atoms with Crippen molar-refractivity contribution < 1.29 is 13.9 Å². The van der Waals surface area contributed by atoms with Crippen LogP contribution in [0.4, 0.5) is 21.8 Å². The summed E-state index contributed by atoms with van der Waals surface area (Å²) in [4.78, 5) is 22.5. The minimum atomic E-state index is -0.294. The predicted molar refractivity (Wildman–Crippen MR) is 120 cm³/mol. The molecular formula is C23H26FN5O2. The number of rotatable bonds is 6. The topological polar surface area (TPSA) is 79.4 Å². The lowest BCUT2D eigenvalue weighted by atomic mass is 10.2. The van der Waals surface area contributed by atoms with Crippen LogP contribution in [0.25, 0.3) is 0 Å². The number of aromatic nitrogens is 2. The Bertz CT molecular complexity index is 1060. The largest absolute Gasteiger partial charge is 0.489 e. The van der Waals surface area contributed by atoms with Crippen LogP contribution in [0.2, 0.25) is 0 Å². The molecule has 1 amide bonds. The fourth-order valence-electron chi connectivity index (χ4n) is 3.07. The van der Waals surface area contributed by atoms with Gasteiger partial charge in [-0.2, -0.15) is 4.98 Å². The molecule has 3 aromatic rings. The van der Waals surface area contributed by atoms with E-state index < -0.39 is 0 Å². The van der Waals surface area contributed by atoms with E-state index in [4.69, 9.17) is 4.74 Å². The van der Waals surface area contributed by atoms with E-state index in [2.05, 4.69) is 20.6 Å². The highest BCUT2D eigenvalue weighted by Crippen LogP contribution is 2.29. The molecule has 1 aliphatic heterocycles. The minimum Gasteiger partial charge on any atom is -0.489 e. The van der Waals surface area contributed by atoms with Gasteiger partial charge >= 0.3 is 0 Å². The number of carbonyl (C=O) groups excluding carboxylic acids is 1. The fourth-order valence-corrected chi connectivity index (χ4v) is 3.07. The molecule has 2 N–H and O–H groups in total.